The van der Waals surface area contributed by atoms with Crippen molar-refractivity contribution in [3.8, 4) is 5.75 Å². The van der Waals surface area contributed by atoms with Gasteiger partial charge in [-0.25, -0.2) is 0 Å². The Hall–Kier alpha value is -4.19. The number of ketones is 2. The van der Waals surface area contributed by atoms with Gasteiger partial charge in [-0.2, -0.15) is 0 Å². The van der Waals surface area contributed by atoms with Crippen molar-refractivity contribution in [2.75, 3.05) is 17.3 Å². The Labute approximate surface area is 248 Å². The molecule has 1 heterocycles. The zero-order valence-corrected chi connectivity index (χ0v) is 25.5. The van der Waals surface area contributed by atoms with E-state index in [1.54, 1.807) is 24.3 Å². The first-order valence-electron chi connectivity index (χ1n) is 14.6. The van der Waals surface area contributed by atoms with Crippen LogP contribution < -0.4 is 10.2 Å². The maximum absolute atomic E-state index is 13.3. The molecule has 3 aromatic carbocycles. The third kappa shape index (κ3) is 5.26. The molecule has 6 heteroatoms. The quantitative estimate of drug-likeness (QED) is 0.323. The van der Waals surface area contributed by atoms with E-state index in [2.05, 4.69) is 46.9 Å². The zero-order chi connectivity index (χ0) is 30.6. The van der Waals surface area contributed by atoms with Crippen molar-refractivity contribution in [3.63, 3.8) is 0 Å². The maximum Gasteiger partial charge on any atom is 0.224 e. The van der Waals surface area contributed by atoms with Gasteiger partial charge in [0.15, 0.2) is 11.6 Å². The molecule has 1 aliphatic carbocycles. The Morgan fingerprint density at radius 2 is 1.45 bits per heavy atom. The SMILES string of the molecule is CN1c2c(cccc2NC(=O)CCc2cc(C(C)(C)C)c(O)c(C(C)(C)C)c2)C=CC1C1C(=O)c2ccccc2C1=O. The predicted molar refractivity (Wildman–Crippen MR) is 169 cm³/mol. The topological polar surface area (TPSA) is 86.7 Å². The van der Waals surface area contributed by atoms with Crippen LogP contribution in [-0.2, 0) is 22.0 Å². The second-order valence-electron chi connectivity index (χ2n) is 13.5. The van der Waals surface area contributed by atoms with Crippen molar-refractivity contribution in [1.82, 2.24) is 0 Å². The van der Waals surface area contributed by atoms with Gasteiger partial charge in [-0.15, -0.1) is 0 Å². The van der Waals surface area contributed by atoms with Gasteiger partial charge in [-0.05, 0) is 45.6 Å². The van der Waals surface area contributed by atoms with Crippen molar-refractivity contribution >= 4 is 34.9 Å². The Morgan fingerprint density at radius 1 is 0.881 bits per heavy atom. The molecule has 1 amide bonds. The number of anilines is 2. The van der Waals surface area contributed by atoms with Crippen LogP contribution in [0.25, 0.3) is 6.08 Å². The van der Waals surface area contributed by atoms with Gasteiger partial charge in [0.1, 0.15) is 11.7 Å². The van der Waals surface area contributed by atoms with Gasteiger partial charge >= 0.3 is 0 Å². The van der Waals surface area contributed by atoms with Gasteiger partial charge in [0.05, 0.1) is 17.4 Å². The lowest BCUT2D eigenvalue weighted by Crippen LogP contribution is -2.43. The summed E-state index contributed by atoms with van der Waals surface area (Å²) < 4.78 is 0. The smallest absolute Gasteiger partial charge is 0.224 e. The summed E-state index contributed by atoms with van der Waals surface area (Å²) in [6.07, 6.45) is 4.62. The lowest BCUT2D eigenvalue weighted by molar-refractivity contribution is -0.116. The lowest BCUT2D eigenvalue weighted by atomic mass is 9.78. The highest BCUT2D eigenvalue weighted by molar-refractivity contribution is 6.27. The highest BCUT2D eigenvalue weighted by Gasteiger charge is 2.45. The molecule has 0 bridgehead atoms. The van der Waals surface area contributed by atoms with Crippen molar-refractivity contribution in [2.45, 2.75) is 71.3 Å². The molecule has 1 atom stereocenters. The monoisotopic (exact) mass is 564 g/mol. The zero-order valence-electron chi connectivity index (χ0n) is 25.5. The van der Waals surface area contributed by atoms with E-state index in [-0.39, 0.29) is 34.7 Å². The molecule has 2 N–H and O–H groups in total. The van der Waals surface area contributed by atoms with Crippen LogP contribution in [0.5, 0.6) is 5.75 Å². The number of aromatic hydroxyl groups is 1. The molecule has 3 aromatic rings. The third-order valence-corrected chi connectivity index (χ3v) is 8.41. The number of rotatable bonds is 5. The van der Waals surface area contributed by atoms with Crippen LogP contribution >= 0.6 is 0 Å². The number of amides is 1. The van der Waals surface area contributed by atoms with Crippen molar-refractivity contribution in [1.29, 1.82) is 0 Å². The number of phenols is 1. The summed E-state index contributed by atoms with van der Waals surface area (Å²) >= 11 is 0. The number of hydrogen-bond acceptors (Lipinski definition) is 5. The van der Waals surface area contributed by atoms with E-state index in [9.17, 15) is 19.5 Å². The molecule has 2 aliphatic rings. The second kappa shape index (κ2) is 10.6. The highest BCUT2D eigenvalue weighted by atomic mass is 16.3. The van der Waals surface area contributed by atoms with E-state index >= 15 is 0 Å². The number of carbonyl (C=O) groups is 3. The standard InChI is InChI=1S/C36H40N2O4/c1-35(2,3)25-19-21(20-26(34(25)42)36(4,5)6)15-18-29(39)37-27-14-10-11-22-16-17-28(38(7)31(22)27)30-32(40)23-12-8-9-13-24(23)33(30)41/h8-14,16-17,19-20,28,30,42H,15,18H2,1-7H3,(H,37,39). The number of carbonyl (C=O) groups excluding carboxylic acids is 3. The van der Waals surface area contributed by atoms with Crippen LogP contribution in [0.1, 0.15) is 90.9 Å². The molecular formula is C36H40N2O4. The molecule has 42 heavy (non-hydrogen) atoms. The fourth-order valence-electron chi connectivity index (χ4n) is 6.14. The van der Waals surface area contributed by atoms with Gasteiger partial charge in [0.25, 0.3) is 0 Å². The summed E-state index contributed by atoms with van der Waals surface area (Å²) in [5.74, 6) is -0.970. The Morgan fingerprint density at radius 3 is 2.00 bits per heavy atom. The van der Waals surface area contributed by atoms with Crippen LogP contribution in [0.3, 0.4) is 0 Å². The van der Waals surface area contributed by atoms with Crippen LogP contribution in [0.15, 0.2) is 60.7 Å². The number of hydrogen-bond donors (Lipinski definition) is 2. The van der Waals surface area contributed by atoms with E-state index in [4.69, 9.17) is 0 Å². The number of aryl methyl sites for hydroxylation is 1. The number of benzene rings is 3. The molecule has 0 fully saturated rings. The van der Waals surface area contributed by atoms with E-state index < -0.39 is 12.0 Å². The molecule has 1 aliphatic heterocycles. The van der Waals surface area contributed by atoms with E-state index in [0.717, 1.165) is 27.9 Å². The first-order valence-corrected chi connectivity index (χ1v) is 14.6. The molecular weight excluding hydrogens is 524 g/mol. The predicted octanol–water partition coefficient (Wildman–Crippen LogP) is 7.09. The molecule has 0 spiro atoms. The molecule has 0 radical (unpaired) electrons. The van der Waals surface area contributed by atoms with E-state index in [1.807, 2.05) is 54.4 Å². The molecule has 0 aromatic heterocycles. The fourth-order valence-corrected chi connectivity index (χ4v) is 6.14. The number of phenolic OH excluding ortho intramolecular Hbond substituents is 1. The highest BCUT2D eigenvalue weighted by Crippen LogP contribution is 2.42. The molecule has 0 saturated carbocycles. The van der Waals surface area contributed by atoms with Gasteiger partial charge < -0.3 is 15.3 Å². The number of nitrogens with one attached hydrogen (secondary N) is 1. The maximum atomic E-state index is 13.3. The largest absolute Gasteiger partial charge is 0.507 e. The van der Waals surface area contributed by atoms with Crippen molar-refractivity contribution < 1.29 is 19.5 Å². The van der Waals surface area contributed by atoms with Gasteiger partial charge in [0.2, 0.25) is 5.91 Å². The van der Waals surface area contributed by atoms with Crippen LogP contribution in [-0.4, -0.2) is 35.7 Å². The average Bonchev–Trinajstić information content (AvgIpc) is 3.17. The number of likely N-dealkylation sites (N-methyl/N-ethyl adjacent to an activating group) is 1. The summed E-state index contributed by atoms with van der Waals surface area (Å²) in [4.78, 5) is 41.8. The second-order valence-corrected chi connectivity index (χ2v) is 13.5. The van der Waals surface area contributed by atoms with Crippen molar-refractivity contribution in [2.24, 2.45) is 5.92 Å². The van der Waals surface area contributed by atoms with E-state index in [0.29, 0.717) is 29.0 Å². The number of fused-ring (bicyclic) bond motifs is 2. The van der Waals surface area contributed by atoms with Crippen LogP contribution in [0, 0.1) is 5.92 Å². The lowest BCUT2D eigenvalue weighted by Gasteiger charge is -2.36. The normalized spacial score (nSPS) is 16.9. The van der Waals surface area contributed by atoms with Gasteiger partial charge in [0, 0.05) is 24.6 Å². The van der Waals surface area contributed by atoms with Crippen molar-refractivity contribution in [3.05, 3.63) is 94.1 Å². The third-order valence-electron chi connectivity index (χ3n) is 8.41. The molecule has 6 nitrogen and oxygen atoms in total. The minimum absolute atomic E-state index is 0.133. The molecule has 5 rings (SSSR count). The van der Waals surface area contributed by atoms with E-state index in [1.165, 1.54) is 0 Å². The number of Topliss-reactive ketones (excluding diaryl/α,β-unsaturated/α-hetero) is 2. The Balaban J connectivity index is 1.36. The van der Waals surface area contributed by atoms with Gasteiger partial charge in [-0.1, -0.05) is 102 Å². The Kier molecular flexibility index (Phi) is 7.38. The van der Waals surface area contributed by atoms with Crippen LogP contribution in [0.4, 0.5) is 11.4 Å². The molecule has 1 unspecified atom stereocenters. The summed E-state index contributed by atoms with van der Waals surface area (Å²) in [5, 5.41) is 14.1. The number of nitrogens with zero attached hydrogens (tertiary/aromatic N) is 1. The Bertz CT molecular complexity index is 1550. The first kappa shape index (κ1) is 29.3. The number of para-hydroxylation sites is 1. The summed E-state index contributed by atoms with van der Waals surface area (Å²) in [6.45, 7) is 12.5. The van der Waals surface area contributed by atoms with Crippen LogP contribution in [0.2, 0.25) is 0 Å². The summed E-state index contributed by atoms with van der Waals surface area (Å²) in [5.41, 5.74) is 5.54. The molecule has 0 saturated heterocycles. The minimum atomic E-state index is -0.830. The summed E-state index contributed by atoms with van der Waals surface area (Å²) in [6, 6.07) is 16.2. The first-order chi connectivity index (χ1) is 19.7. The van der Waals surface area contributed by atoms with Gasteiger partial charge in [-0.3, -0.25) is 14.4 Å². The minimum Gasteiger partial charge on any atom is -0.507 e. The summed E-state index contributed by atoms with van der Waals surface area (Å²) in [7, 11) is 1.87. The fraction of sp³-hybridized carbons (Fsp3) is 0.361. The molecule has 218 valence electrons. The average molecular weight is 565 g/mol.